The van der Waals surface area contributed by atoms with E-state index in [4.69, 9.17) is 19.9 Å². The van der Waals surface area contributed by atoms with Crippen molar-refractivity contribution in [2.24, 2.45) is 28.4 Å². The zero-order valence-electron chi connectivity index (χ0n) is 25.6. The van der Waals surface area contributed by atoms with Crippen molar-refractivity contribution in [3.63, 3.8) is 0 Å². The number of carbonyl (C=O) groups excluding carboxylic acids is 5. The number of hydrogen-bond acceptors (Lipinski definition) is 11. The van der Waals surface area contributed by atoms with Crippen LogP contribution in [0.4, 0.5) is 0 Å². The second-order valence-electron chi connectivity index (χ2n) is 12.7. The van der Waals surface area contributed by atoms with Crippen LogP contribution >= 0.6 is 0 Å². The number of hydrogen-bond donors (Lipinski definition) is 3. The average Bonchev–Trinajstić information content (AvgIpc) is 2.93. The number of aliphatic hydroxyl groups is 1. The lowest BCUT2D eigenvalue weighted by molar-refractivity contribution is -0.203. The summed E-state index contributed by atoms with van der Waals surface area (Å²) in [6.07, 6.45) is -0.0490. The Morgan fingerprint density at radius 3 is 2.07 bits per heavy atom. The summed E-state index contributed by atoms with van der Waals surface area (Å²) in [5, 5.41) is 23.1. The van der Waals surface area contributed by atoms with Crippen LogP contribution in [0, 0.1) is 22.7 Å². The number of methoxy groups -OCH3 is 3. The maximum absolute atomic E-state index is 14.4. The first-order chi connectivity index (χ1) is 20.5. The zero-order chi connectivity index (χ0) is 32.7. The number of nitrogens with two attached hydrogens (primary N) is 1. The normalized spacial score (nSPS) is 31.2. The molecule has 0 aromatic heterocycles. The summed E-state index contributed by atoms with van der Waals surface area (Å²) < 4.78 is 16.5. The molecule has 2 aromatic rings. The van der Waals surface area contributed by atoms with E-state index in [-0.39, 0.29) is 24.2 Å². The molecule has 12 nitrogen and oxygen atoms in total. The maximum Gasteiger partial charge on any atom is 0.235 e. The van der Waals surface area contributed by atoms with E-state index in [0.29, 0.717) is 33.9 Å². The number of phenolic OH excluding ortho intramolecular Hbond substituents is 1. The summed E-state index contributed by atoms with van der Waals surface area (Å²) in [6.45, 7) is 3.17. The SMILES string of the molecule is COc1cc(-c2ccc(O)c3c2C[C@@]2(C)C[C@@]4(C)[C@H](N(C)C)C(=O)C(C(N)=O)C(=O)[C@@]4(O)C(=O)C2C3=O)cc(OC)c1OC. The van der Waals surface area contributed by atoms with Gasteiger partial charge in [0.25, 0.3) is 0 Å². The Bertz CT molecular complexity index is 1620. The largest absolute Gasteiger partial charge is 0.507 e. The third-order valence-electron chi connectivity index (χ3n) is 9.85. The van der Waals surface area contributed by atoms with Crippen molar-refractivity contribution in [1.82, 2.24) is 4.90 Å². The zero-order valence-corrected chi connectivity index (χ0v) is 25.6. The van der Waals surface area contributed by atoms with Gasteiger partial charge in [-0.1, -0.05) is 19.9 Å². The molecule has 2 fully saturated rings. The fourth-order valence-electron chi connectivity index (χ4n) is 8.23. The molecule has 2 saturated carbocycles. The Morgan fingerprint density at radius 1 is 0.977 bits per heavy atom. The Hall–Kier alpha value is -4.29. The molecule has 0 bridgehead atoms. The summed E-state index contributed by atoms with van der Waals surface area (Å²) in [4.78, 5) is 69.8. The molecule has 4 N–H and O–H groups in total. The molecular formula is C32H36N2O10. The van der Waals surface area contributed by atoms with Gasteiger partial charge in [0.1, 0.15) is 5.75 Å². The van der Waals surface area contributed by atoms with Gasteiger partial charge in [0, 0.05) is 5.41 Å². The van der Waals surface area contributed by atoms with E-state index in [0.717, 1.165) is 0 Å². The van der Waals surface area contributed by atoms with Gasteiger partial charge in [-0.25, -0.2) is 0 Å². The van der Waals surface area contributed by atoms with Crippen LogP contribution in [0.1, 0.15) is 36.2 Å². The van der Waals surface area contributed by atoms with Crippen molar-refractivity contribution < 1.29 is 48.4 Å². The molecule has 3 aliphatic rings. The van der Waals surface area contributed by atoms with E-state index >= 15 is 0 Å². The van der Waals surface area contributed by atoms with Crippen LogP contribution in [-0.4, -0.2) is 91.2 Å². The molecule has 6 atom stereocenters. The van der Waals surface area contributed by atoms with Crippen LogP contribution in [0.2, 0.25) is 0 Å². The molecule has 2 aromatic carbocycles. The molecule has 3 aliphatic carbocycles. The quantitative estimate of drug-likeness (QED) is 0.402. The molecular weight excluding hydrogens is 572 g/mol. The Morgan fingerprint density at radius 2 is 1.57 bits per heavy atom. The second-order valence-corrected chi connectivity index (χ2v) is 12.7. The van der Waals surface area contributed by atoms with Crippen molar-refractivity contribution in [1.29, 1.82) is 0 Å². The molecule has 5 rings (SSSR count). The van der Waals surface area contributed by atoms with Gasteiger partial charge in [0.2, 0.25) is 11.7 Å². The lowest BCUT2D eigenvalue weighted by Crippen LogP contribution is -2.79. The number of ether oxygens (including phenoxy) is 3. The van der Waals surface area contributed by atoms with E-state index in [1.165, 1.54) is 39.2 Å². The summed E-state index contributed by atoms with van der Waals surface area (Å²) in [5.74, 6) is -8.21. The Kier molecular flexibility index (Phi) is 7.17. The molecule has 0 radical (unpaired) electrons. The Labute approximate surface area is 254 Å². The number of amides is 1. The summed E-state index contributed by atoms with van der Waals surface area (Å²) in [7, 11) is 7.49. The summed E-state index contributed by atoms with van der Waals surface area (Å²) in [5.41, 5.74) is 1.09. The van der Waals surface area contributed by atoms with Gasteiger partial charge in [-0.3, -0.25) is 28.9 Å². The number of Topliss-reactive ketones (excluding diaryl/α,β-unsaturated/α-hetero) is 4. The lowest BCUT2D eigenvalue weighted by atomic mass is 9.42. The van der Waals surface area contributed by atoms with Gasteiger partial charge in [-0.2, -0.15) is 0 Å². The number of carbonyl (C=O) groups is 5. The monoisotopic (exact) mass is 608 g/mol. The molecule has 0 heterocycles. The third-order valence-corrected chi connectivity index (χ3v) is 9.85. The molecule has 234 valence electrons. The van der Waals surface area contributed by atoms with Crippen molar-refractivity contribution in [2.75, 3.05) is 35.4 Å². The highest BCUT2D eigenvalue weighted by Gasteiger charge is 2.76. The van der Waals surface area contributed by atoms with Gasteiger partial charge >= 0.3 is 0 Å². The minimum absolute atomic E-state index is 0.0678. The van der Waals surface area contributed by atoms with Crippen molar-refractivity contribution in [2.45, 2.75) is 38.3 Å². The highest BCUT2D eigenvalue weighted by Crippen LogP contribution is 2.62. The standard InChI is InChI=1S/C32H36N2O10/c1-30-12-16-15(14-10-18(42-5)25(44-7)19(11-14)43-6)8-9-17(35)20(16)23(36)22(30)28(39)32(41)27(38)21(29(33)40)24(37)26(34(3)4)31(32,2)13-30/h8-11,21-22,26,35,41H,12-13H2,1-7H3,(H2,33,40)/t21?,22?,26-,30+,31+,32-/m1/s1. The van der Waals surface area contributed by atoms with Gasteiger partial charge in [-0.15, -0.1) is 0 Å². The summed E-state index contributed by atoms with van der Waals surface area (Å²) in [6, 6.07) is 5.12. The van der Waals surface area contributed by atoms with Crippen LogP contribution < -0.4 is 19.9 Å². The van der Waals surface area contributed by atoms with Crippen molar-refractivity contribution >= 4 is 29.0 Å². The van der Waals surface area contributed by atoms with Crippen LogP contribution in [0.15, 0.2) is 24.3 Å². The van der Waals surface area contributed by atoms with E-state index in [9.17, 15) is 34.2 Å². The van der Waals surface area contributed by atoms with Crippen molar-refractivity contribution in [3.05, 3.63) is 35.4 Å². The number of benzene rings is 2. The predicted molar refractivity (Wildman–Crippen MR) is 156 cm³/mol. The van der Waals surface area contributed by atoms with Gasteiger partial charge < -0.3 is 30.2 Å². The number of ketones is 4. The molecule has 1 amide bonds. The highest BCUT2D eigenvalue weighted by atomic mass is 16.5. The molecule has 44 heavy (non-hydrogen) atoms. The van der Waals surface area contributed by atoms with E-state index < -0.39 is 63.3 Å². The van der Waals surface area contributed by atoms with Crippen LogP contribution in [0.5, 0.6) is 23.0 Å². The fourth-order valence-corrected chi connectivity index (χ4v) is 8.23. The van der Waals surface area contributed by atoms with E-state index in [2.05, 4.69) is 0 Å². The molecule has 0 spiro atoms. The highest BCUT2D eigenvalue weighted by molar-refractivity contribution is 6.33. The molecule has 0 saturated heterocycles. The first-order valence-electron chi connectivity index (χ1n) is 14.0. The molecule has 2 unspecified atom stereocenters. The second kappa shape index (κ2) is 10.1. The number of primary amides is 1. The summed E-state index contributed by atoms with van der Waals surface area (Å²) >= 11 is 0. The number of phenols is 1. The van der Waals surface area contributed by atoms with Crippen LogP contribution in [0.25, 0.3) is 11.1 Å². The van der Waals surface area contributed by atoms with E-state index in [1.54, 1.807) is 39.2 Å². The smallest absolute Gasteiger partial charge is 0.235 e. The first kappa shape index (κ1) is 31.1. The van der Waals surface area contributed by atoms with Crippen LogP contribution in [0.3, 0.4) is 0 Å². The molecule has 12 heteroatoms. The number of aromatic hydroxyl groups is 1. The first-order valence-corrected chi connectivity index (χ1v) is 14.0. The number of nitrogens with zero attached hydrogens (tertiary/aromatic N) is 1. The van der Waals surface area contributed by atoms with Gasteiger partial charge in [0.05, 0.1) is 38.9 Å². The van der Waals surface area contributed by atoms with Crippen LogP contribution in [-0.2, 0) is 25.6 Å². The van der Waals surface area contributed by atoms with Gasteiger partial charge in [-0.05, 0) is 67.2 Å². The number of likely N-dealkylation sites (N-methyl/N-ethyl adjacent to an activating group) is 1. The minimum Gasteiger partial charge on any atom is -0.507 e. The van der Waals surface area contributed by atoms with Crippen molar-refractivity contribution in [3.8, 4) is 34.1 Å². The Balaban J connectivity index is 1.75. The predicted octanol–water partition coefficient (Wildman–Crippen LogP) is 1.34. The van der Waals surface area contributed by atoms with E-state index in [1.807, 2.05) is 0 Å². The number of rotatable bonds is 6. The maximum atomic E-state index is 14.4. The lowest BCUT2D eigenvalue weighted by Gasteiger charge is -2.61. The van der Waals surface area contributed by atoms with Gasteiger partial charge in [0.15, 0.2) is 46.2 Å². The number of fused-ring (bicyclic) bond motifs is 3. The third kappa shape index (κ3) is 3.86. The minimum atomic E-state index is -2.86. The topological polar surface area (TPSA) is 183 Å². The average molecular weight is 609 g/mol. The molecule has 0 aliphatic heterocycles. The fraction of sp³-hybridized carbons (Fsp3) is 0.469.